The number of aryl methyl sites for hydroxylation is 1. The highest BCUT2D eigenvalue weighted by Crippen LogP contribution is 2.36. The first-order valence-electron chi connectivity index (χ1n) is 8.70. The van der Waals surface area contributed by atoms with E-state index in [1.807, 2.05) is 31.2 Å². The molecule has 2 fully saturated rings. The Bertz CT molecular complexity index is 604. The number of benzene rings is 1. The van der Waals surface area contributed by atoms with Crippen LogP contribution in [0.5, 0.6) is 0 Å². The van der Waals surface area contributed by atoms with Crippen molar-refractivity contribution in [1.82, 2.24) is 5.32 Å². The normalized spacial score (nSPS) is 26.0. The van der Waals surface area contributed by atoms with Gasteiger partial charge in [-0.25, -0.2) is 0 Å². The summed E-state index contributed by atoms with van der Waals surface area (Å²) in [7, 11) is 0. The molecule has 1 aromatic carbocycles. The minimum Gasteiger partial charge on any atom is -0.481 e. The number of nitrogens with one attached hydrogen (secondary N) is 1. The van der Waals surface area contributed by atoms with Crippen LogP contribution < -0.4 is 5.32 Å². The second kappa shape index (κ2) is 6.93. The SMILES string of the molecule is Cc1ccc(C2(C(=O)N[C@H]3CC[C@@H](C(=O)O)C3)CCOCC2)cc1. The molecule has 0 spiro atoms. The summed E-state index contributed by atoms with van der Waals surface area (Å²) in [6.45, 7) is 3.18. The fourth-order valence-corrected chi connectivity index (χ4v) is 3.90. The van der Waals surface area contributed by atoms with Crippen molar-refractivity contribution in [3.63, 3.8) is 0 Å². The van der Waals surface area contributed by atoms with E-state index < -0.39 is 11.4 Å². The Hall–Kier alpha value is -1.88. The number of carbonyl (C=O) groups excluding carboxylic acids is 1. The maximum atomic E-state index is 13.1. The van der Waals surface area contributed by atoms with Gasteiger partial charge in [-0.15, -0.1) is 0 Å². The predicted molar refractivity (Wildman–Crippen MR) is 89.8 cm³/mol. The fourth-order valence-electron chi connectivity index (χ4n) is 3.90. The third-order valence-corrected chi connectivity index (χ3v) is 5.50. The lowest BCUT2D eigenvalue weighted by atomic mass is 9.73. The van der Waals surface area contributed by atoms with Crippen molar-refractivity contribution in [2.24, 2.45) is 5.92 Å². The zero-order valence-electron chi connectivity index (χ0n) is 14.1. The summed E-state index contributed by atoms with van der Waals surface area (Å²) in [4.78, 5) is 24.2. The van der Waals surface area contributed by atoms with Crippen LogP contribution >= 0.6 is 0 Å². The molecular weight excluding hydrogens is 306 g/mol. The molecule has 24 heavy (non-hydrogen) atoms. The summed E-state index contributed by atoms with van der Waals surface area (Å²) in [5.74, 6) is -1.07. The first-order valence-corrected chi connectivity index (χ1v) is 8.70. The molecule has 1 aromatic rings. The van der Waals surface area contributed by atoms with Gasteiger partial charge in [-0.1, -0.05) is 29.8 Å². The minimum absolute atomic E-state index is 0.0192. The highest BCUT2D eigenvalue weighted by Gasteiger charge is 2.43. The highest BCUT2D eigenvalue weighted by atomic mass is 16.5. The third-order valence-electron chi connectivity index (χ3n) is 5.50. The van der Waals surface area contributed by atoms with Crippen LogP contribution in [-0.2, 0) is 19.7 Å². The van der Waals surface area contributed by atoms with Gasteiger partial charge in [-0.2, -0.15) is 0 Å². The number of rotatable bonds is 4. The summed E-state index contributed by atoms with van der Waals surface area (Å²) in [6.07, 6.45) is 3.24. The third kappa shape index (κ3) is 3.31. The number of amides is 1. The molecular formula is C19H25NO4. The monoisotopic (exact) mass is 331 g/mol. The maximum Gasteiger partial charge on any atom is 0.306 e. The first-order chi connectivity index (χ1) is 11.5. The topological polar surface area (TPSA) is 75.6 Å². The molecule has 5 heteroatoms. The summed E-state index contributed by atoms with van der Waals surface area (Å²) in [5.41, 5.74) is 1.64. The van der Waals surface area contributed by atoms with Gasteiger partial charge in [0.1, 0.15) is 0 Å². The van der Waals surface area contributed by atoms with Crippen molar-refractivity contribution in [1.29, 1.82) is 0 Å². The van der Waals surface area contributed by atoms with E-state index in [9.17, 15) is 9.59 Å². The molecule has 0 aromatic heterocycles. The minimum atomic E-state index is -0.758. The van der Waals surface area contributed by atoms with Crippen LogP contribution in [0.2, 0.25) is 0 Å². The second-order valence-electron chi connectivity index (χ2n) is 7.08. The molecule has 1 aliphatic heterocycles. The van der Waals surface area contributed by atoms with Crippen molar-refractivity contribution in [3.05, 3.63) is 35.4 Å². The number of hydrogen-bond acceptors (Lipinski definition) is 3. The number of hydrogen-bond donors (Lipinski definition) is 2. The van der Waals surface area contributed by atoms with Crippen LogP contribution in [0.25, 0.3) is 0 Å². The first kappa shape index (κ1) is 17.0. The number of carboxylic acid groups (broad SMARTS) is 1. The molecule has 3 rings (SSSR count). The molecule has 2 N–H and O–H groups in total. The van der Waals surface area contributed by atoms with Crippen LogP contribution in [0.3, 0.4) is 0 Å². The van der Waals surface area contributed by atoms with Gasteiger partial charge in [-0.3, -0.25) is 9.59 Å². The Morgan fingerprint density at radius 2 is 1.83 bits per heavy atom. The van der Waals surface area contributed by atoms with E-state index in [2.05, 4.69) is 5.32 Å². The molecule has 0 bridgehead atoms. The van der Waals surface area contributed by atoms with E-state index in [4.69, 9.17) is 9.84 Å². The lowest BCUT2D eigenvalue weighted by Crippen LogP contribution is -2.50. The van der Waals surface area contributed by atoms with E-state index in [1.165, 1.54) is 5.56 Å². The molecule has 0 unspecified atom stereocenters. The standard InChI is InChI=1S/C19H25NO4/c1-13-2-5-15(6-3-13)19(8-10-24-11-9-19)18(23)20-16-7-4-14(12-16)17(21)22/h2-3,5-6,14,16H,4,7-12H2,1H3,(H,20,23)(H,21,22)/t14-,16+/m1/s1. The average molecular weight is 331 g/mol. The van der Waals surface area contributed by atoms with E-state index in [0.717, 1.165) is 12.0 Å². The molecule has 130 valence electrons. The number of aliphatic carboxylic acids is 1. The Morgan fingerprint density at radius 3 is 2.42 bits per heavy atom. The summed E-state index contributed by atoms with van der Waals surface area (Å²) in [5, 5.41) is 12.3. The zero-order chi connectivity index (χ0) is 17.2. The lowest BCUT2D eigenvalue weighted by molar-refractivity contribution is -0.141. The molecule has 1 aliphatic carbocycles. The van der Waals surface area contributed by atoms with Gasteiger partial charge in [-0.05, 0) is 44.6 Å². The molecule has 1 amide bonds. The van der Waals surface area contributed by atoms with Gasteiger partial charge >= 0.3 is 5.97 Å². The molecule has 2 aliphatic rings. The van der Waals surface area contributed by atoms with Gasteiger partial charge in [0.25, 0.3) is 0 Å². The average Bonchev–Trinajstić information content (AvgIpc) is 3.05. The molecule has 1 heterocycles. The Balaban J connectivity index is 1.77. The van der Waals surface area contributed by atoms with Gasteiger partial charge in [0, 0.05) is 19.3 Å². The van der Waals surface area contributed by atoms with Crippen molar-refractivity contribution in [2.75, 3.05) is 13.2 Å². The van der Waals surface area contributed by atoms with Crippen molar-refractivity contribution in [2.45, 2.75) is 50.5 Å². The summed E-state index contributed by atoms with van der Waals surface area (Å²) < 4.78 is 5.48. The summed E-state index contributed by atoms with van der Waals surface area (Å²) in [6, 6.07) is 8.11. The summed E-state index contributed by atoms with van der Waals surface area (Å²) >= 11 is 0. The van der Waals surface area contributed by atoms with Crippen LogP contribution in [0.4, 0.5) is 0 Å². The molecule has 2 atom stereocenters. The van der Waals surface area contributed by atoms with E-state index in [0.29, 0.717) is 38.9 Å². The zero-order valence-corrected chi connectivity index (χ0v) is 14.1. The van der Waals surface area contributed by atoms with Crippen LogP contribution in [0.1, 0.15) is 43.2 Å². The maximum absolute atomic E-state index is 13.1. The Labute approximate surface area is 142 Å². The molecule has 1 saturated heterocycles. The van der Waals surface area contributed by atoms with Gasteiger partial charge in [0.2, 0.25) is 5.91 Å². The smallest absolute Gasteiger partial charge is 0.306 e. The Kier molecular flexibility index (Phi) is 4.90. The second-order valence-corrected chi connectivity index (χ2v) is 7.08. The fraction of sp³-hybridized carbons (Fsp3) is 0.579. The Morgan fingerprint density at radius 1 is 1.17 bits per heavy atom. The van der Waals surface area contributed by atoms with E-state index >= 15 is 0 Å². The van der Waals surface area contributed by atoms with Gasteiger partial charge < -0.3 is 15.2 Å². The number of carboxylic acids is 1. The van der Waals surface area contributed by atoms with Crippen molar-refractivity contribution < 1.29 is 19.4 Å². The van der Waals surface area contributed by atoms with Crippen molar-refractivity contribution in [3.8, 4) is 0 Å². The number of carbonyl (C=O) groups is 2. The molecule has 5 nitrogen and oxygen atoms in total. The van der Waals surface area contributed by atoms with Crippen LogP contribution in [0, 0.1) is 12.8 Å². The van der Waals surface area contributed by atoms with Gasteiger partial charge in [0.05, 0.1) is 11.3 Å². The van der Waals surface area contributed by atoms with E-state index in [1.54, 1.807) is 0 Å². The van der Waals surface area contributed by atoms with Crippen molar-refractivity contribution >= 4 is 11.9 Å². The predicted octanol–water partition coefficient (Wildman–Crippen LogP) is 2.41. The largest absolute Gasteiger partial charge is 0.481 e. The van der Waals surface area contributed by atoms with E-state index in [-0.39, 0.29) is 17.9 Å². The quantitative estimate of drug-likeness (QED) is 0.888. The lowest BCUT2D eigenvalue weighted by Gasteiger charge is -2.37. The van der Waals surface area contributed by atoms with Crippen LogP contribution in [-0.4, -0.2) is 36.2 Å². The number of ether oxygens (including phenoxy) is 1. The molecule has 0 radical (unpaired) electrons. The van der Waals surface area contributed by atoms with Crippen LogP contribution in [0.15, 0.2) is 24.3 Å². The van der Waals surface area contributed by atoms with Gasteiger partial charge in [0.15, 0.2) is 0 Å². The highest BCUT2D eigenvalue weighted by molar-refractivity contribution is 5.88. The molecule has 1 saturated carbocycles.